The van der Waals surface area contributed by atoms with E-state index in [1.807, 2.05) is 30.5 Å². The van der Waals surface area contributed by atoms with Crippen molar-refractivity contribution in [2.45, 2.75) is 13.5 Å². The first kappa shape index (κ1) is 18.9. The lowest BCUT2D eigenvalue weighted by Gasteiger charge is -2.15. The van der Waals surface area contributed by atoms with E-state index in [9.17, 15) is 9.59 Å². The molecule has 4 rings (SSSR count). The highest BCUT2D eigenvalue weighted by Gasteiger charge is 2.21. The van der Waals surface area contributed by atoms with Gasteiger partial charge in [-0.2, -0.15) is 0 Å². The summed E-state index contributed by atoms with van der Waals surface area (Å²) in [5, 5.41) is 8.59. The van der Waals surface area contributed by atoms with Gasteiger partial charge in [0.05, 0.1) is 10.7 Å². The van der Waals surface area contributed by atoms with Crippen LogP contribution in [0.15, 0.2) is 53.9 Å². The molecule has 7 nitrogen and oxygen atoms in total. The van der Waals surface area contributed by atoms with Crippen molar-refractivity contribution in [1.29, 1.82) is 0 Å². The molecule has 2 aromatic carbocycles. The Bertz CT molecular complexity index is 1050. The summed E-state index contributed by atoms with van der Waals surface area (Å²) in [6, 6.07) is 14.1. The van der Waals surface area contributed by atoms with Gasteiger partial charge < -0.3 is 15.4 Å². The fourth-order valence-electron chi connectivity index (χ4n) is 3.03. The van der Waals surface area contributed by atoms with Crippen molar-refractivity contribution >= 4 is 34.6 Å². The first-order valence-corrected chi connectivity index (χ1v) is 10.1. The fourth-order valence-corrected chi connectivity index (χ4v) is 3.63. The van der Waals surface area contributed by atoms with Crippen LogP contribution in [0.4, 0.5) is 16.2 Å². The number of thiazole rings is 1. The molecule has 0 aliphatic carbocycles. The quantitative estimate of drug-likeness (QED) is 0.650. The molecule has 1 saturated heterocycles. The minimum absolute atomic E-state index is 0.131. The van der Waals surface area contributed by atoms with Crippen LogP contribution in [0.1, 0.15) is 21.1 Å². The lowest BCUT2D eigenvalue weighted by Crippen LogP contribution is -2.27. The molecule has 2 N–H and O–H groups in total. The first-order valence-electron chi connectivity index (χ1n) is 9.19. The highest BCUT2D eigenvalue weighted by Crippen LogP contribution is 2.22. The molecular weight excluding hydrogens is 388 g/mol. The maximum Gasteiger partial charge on any atom is 0.321 e. The lowest BCUT2D eigenvalue weighted by atomic mass is 10.2. The molecule has 0 saturated carbocycles. The molecule has 2 heterocycles. The van der Waals surface area contributed by atoms with E-state index in [2.05, 4.69) is 15.6 Å². The Balaban J connectivity index is 1.42. The molecule has 0 unspecified atom stereocenters. The van der Waals surface area contributed by atoms with Crippen LogP contribution in [-0.2, 0) is 6.61 Å². The molecule has 3 amide bonds. The van der Waals surface area contributed by atoms with E-state index in [1.54, 1.807) is 46.6 Å². The average Bonchev–Trinajstić information content (AvgIpc) is 3.34. The Hall–Kier alpha value is -3.39. The van der Waals surface area contributed by atoms with Crippen molar-refractivity contribution in [3.05, 3.63) is 70.2 Å². The van der Waals surface area contributed by atoms with Gasteiger partial charge in [-0.1, -0.05) is 12.1 Å². The van der Waals surface area contributed by atoms with Crippen LogP contribution in [0.25, 0.3) is 0 Å². The van der Waals surface area contributed by atoms with Crippen LogP contribution in [0.2, 0.25) is 0 Å². The molecule has 0 bridgehead atoms. The second-order valence-electron chi connectivity index (χ2n) is 6.56. The first-order chi connectivity index (χ1) is 14.1. The van der Waals surface area contributed by atoms with Crippen LogP contribution in [0, 0.1) is 6.92 Å². The molecule has 1 aliphatic rings. The summed E-state index contributed by atoms with van der Waals surface area (Å²) in [5.41, 5.74) is 2.72. The van der Waals surface area contributed by atoms with Gasteiger partial charge in [0.1, 0.15) is 12.4 Å². The molecule has 8 heteroatoms. The third-order valence-electron chi connectivity index (χ3n) is 4.42. The monoisotopic (exact) mass is 408 g/mol. The van der Waals surface area contributed by atoms with Crippen LogP contribution >= 0.6 is 11.3 Å². The average molecular weight is 408 g/mol. The number of nitrogens with zero attached hydrogens (tertiary/aromatic N) is 2. The summed E-state index contributed by atoms with van der Waals surface area (Å²) in [5.74, 6) is 0.355. The molecule has 3 aromatic rings. The molecule has 1 aromatic heterocycles. The van der Waals surface area contributed by atoms with E-state index in [1.165, 1.54) is 0 Å². The minimum atomic E-state index is -0.247. The zero-order valence-electron chi connectivity index (χ0n) is 15.8. The predicted octanol–water partition coefficient (Wildman–Crippen LogP) is 3.81. The van der Waals surface area contributed by atoms with Crippen LogP contribution in [0.5, 0.6) is 5.75 Å². The number of urea groups is 1. The van der Waals surface area contributed by atoms with E-state index in [0.29, 0.717) is 36.7 Å². The van der Waals surface area contributed by atoms with E-state index in [-0.39, 0.29) is 11.9 Å². The predicted molar refractivity (Wildman–Crippen MR) is 113 cm³/mol. The zero-order valence-corrected chi connectivity index (χ0v) is 16.7. The van der Waals surface area contributed by atoms with E-state index < -0.39 is 0 Å². The summed E-state index contributed by atoms with van der Waals surface area (Å²) in [7, 11) is 0. The van der Waals surface area contributed by atoms with Crippen molar-refractivity contribution < 1.29 is 14.3 Å². The number of aryl methyl sites for hydroxylation is 1. The van der Waals surface area contributed by atoms with Gasteiger partial charge >= 0.3 is 6.03 Å². The molecule has 0 spiro atoms. The maximum absolute atomic E-state index is 12.7. The van der Waals surface area contributed by atoms with E-state index in [4.69, 9.17) is 4.74 Å². The third kappa shape index (κ3) is 4.55. The second-order valence-corrected chi connectivity index (χ2v) is 7.62. The van der Waals surface area contributed by atoms with E-state index in [0.717, 1.165) is 16.4 Å². The maximum atomic E-state index is 12.7. The standard InChI is InChI=1S/C21H20N4O3S/c1-14-23-17(13-29-14)12-28-19-7-2-4-15(10-19)20(26)24-16-5-3-6-18(11-16)25-9-8-22-21(25)27/h2-7,10-11,13H,8-9,12H2,1H3,(H,22,27)(H,24,26). The molecule has 1 fully saturated rings. The SMILES string of the molecule is Cc1nc(COc2cccc(C(=O)Nc3cccc(N4CCNC4=O)c3)c2)cs1. The molecule has 148 valence electrons. The Labute approximate surface area is 172 Å². The van der Waals surface area contributed by atoms with Gasteiger partial charge in [0, 0.05) is 35.4 Å². The summed E-state index contributed by atoms with van der Waals surface area (Å²) in [6.07, 6.45) is 0. The molecule has 0 atom stereocenters. The molecule has 29 heavy (non-hydrogen) atoms. The molecule has 0 radical (unpaired) electrons. The van der Waals surface area contributed by atoms with Gasteiger partial charge in [-0.05, 0) is 43.3 Å². The summed E-state index contributed by atoms with van der Waals surface area (Å²) in [6.45, 7) is 3.52. The number of ether oxygens (including phenoxy) is 1. The molecule has 1 aliphatic heterocycles. The Morgan fingerprint density at radius 3 is 2.90 bits per heavy atom. The zero-order chi connectivity index (χ0) is 20.2. The van der Waals surface area contributed by atoms with Gasteiger partial charge in [0.25, 0.3) is 5.91 Å². The van der Waals surface area contributed by atoms with Crippen molar-refractivity contribution in [2.24, 2.45) is 0 Å². The number of aromatic nitrogens is 1. The number of benzene rings is 2. The Kier molecular flexibility index (Phi) is 5.44. The smallest absolute Gasteiger partial charge is 0.321 e. The van der Waals surface area contributed by atoms with Crippen molar-refractivity contribution in [2.75, 3.05) is 23.3 Å². The van der Waals surface area contributed by atoms with Crippen LogP contribution in [-0.4, -0.2) is 30.0 Å². The van der Waals surface area contributed by atoms with E-state index >= 15 is 0 Å². The second kappa shape index (κ2) is 8.32. The number of carbonyl (C=O) groups excluding carboxylic acids is 2. The number of hydrogen-bond acceptors (Lipinski definition) is 5. The number of hydrogen-bond donors (Lipinski definition) is 2. The van der Waals surface area contributed by atoms with Gasteiger partial charge in [0.15, 0.2) is 0 Å². The van der Waals surface area contributed by atoms with Gasteiger partial charge in [-0.15, -0.1) is 11.3 Å². The minimum Gasteiger partial charge on any atom is -0.487 e. The Morgan fingerprint density at radius 1 is 1.28 bits per heavy atom. The fraction of sp³-hybridized carbons (Fsp3) is 0.190. The van der Waals surface area contributed by atoms with Crippen LogP contribution in [0.3, 0.4) is 0 Å². The Morgan fingerprint density at radius 2 is 2.14 bits per heavy atom. The number of nitrogens with one attached hydrogen (secondary N) is 2. The highest BCUT2D eigenvalue weighted by atomic mass is 32.1. The number of anilines is 2. The highest BCUT2D eigenvalue weighted by molar-refractivity contribution is 7.09. The number of amides is 3. The molecular formula is C21H20N4O3S. The van der Waals surface area contributed by atoms with Crippen molar-refractivity contribution in [3.8, 4) is 5.75 Å². The summed E-state index contributed by atoms with van der Waals surface area (Å²) < 4.78 is 5.76. The van der Waals surface area contributed by atoms with Crippen molar-refractivity contribution in [1.82, 2.24) is 10.3 Å². The summed E-state index contributed by atoms with van der Waals surface area (Å²) >= 11 is 1.58. The third-order valence-corrected chi connectivity index (χ3v) is 5.24. The van der Waals surface area contributed by atoms with Crippen LogP contribution < -0.4 is 20.3 Å². The number of carbonyl (C=O) groups is 2. The summed E-state index contributed by atoms with van der Waals surface area (Å²) in [4.78, 5) is 30.5. The van der Waals surface area contributed by atoms with Gasteiger partial charge in [0.2, 0.25) is 0 Å². The lowest BCUT2D eigenvalue weighted by molar-refractivity contribution is 0.102. The number of rotatable bonds is 6. The largest absolute Gasteiger partial charge is 0.487 e. The van der Waals surface area contributed by atoms with Gasteiger partial charge in [-0.3, -0.25) is 9.69 Å². The van der Waals surface area contributed by atoms with Gasteiger partial charge in [-0.25, -0.2) is 9.78 Å². The normalized spacial score (nSPS) is 13.3. The van der Waals surface area contributed by atoms with Crippen molar-refractivity contribution in [3.63, 3.8) is 0 Å². The topological polar surface area (TPSA) is 83.6 Å².